The van der Waals surface area contributed by atoms with Crippen molar-refractivity contribution in [1.82, 2.24) is 19.9 Å². The Labute approximate surface area is 160 Å². The summed E-state index contributed by atoms with van der Waals surface area (Å²) in [6, 6.07) is 0.372. The molecule has 2 aliphatic heterocycles. The number of carbonyl (C=O) groups excluding carboxylic acids is 2. The smallest absolute Gasteiger partial charge is 0.227 e. The van der Waals surface area contributed by atoms with Crippen LogP contribution in [0, 0.1) is 18.8 Å². The SMILES string of the molecule is Cc1nc(CC2CCN(C(=O)C3CCC(=O)N(C4CCCC4)C3)CC2)no1. The third-order valence-electron chi connectivity index (χ3n) is 6.53. The van der Waals surface area contributed by atoms with E-state index < -0.39 is 0 Å². The third kappa shape index (κ3) is 4.17. The molecule has 3 heterocycles. The van der Waals surface area contributed by atoms with Gasteiger partial charge in [0, 0.05) is 45.4 Å². The van der Waals surface area contributed by atoms with E-state index in [-0.39, 0.29) is 17.7 Å². The van der Waals surface area contributed by atoms with E-state index in [0.717, 1.165) is 51.0 Å². The number of carbonyl (C=O) groups is 2. The molecule has 7 heteroatoms. The number of aromatic nitrogens is 2. The van der Waals surface area contributed by atoms with Crippen LogP contribution in [0.5, 0.6) is 0 Å². The fraction of sp³-hybridized carbons (Fsp3) is 0.800. The summed E-state index contributed by atoms with van der Waals surface area (Å²) in [5.41, 5.74) is 0. The van der Waals surface area contributed by atoms with E-state index in [1.807, 2.05) is 16.7 Å². The standard InChI is InChI=1S/C20H30N4O3/c1-14-21-18(22-27-14)12-15-8-10-23(11-9-15)20(26)16-6-7-19(25)24(13-16)17-4-2-3-5-17/h15-17H,2-13H2,1H3. The molecule has 0 radical (unpaired) electrons. The molecule has 27 heavy (non-hydrogen) atoms. The van der Waals surface area contributed by atoms with Crippen LogP contribution in [0.4, 0.5) is 0 Å². The molecule has 1 saturated carbocycles. The molecular formula is C20H30N4O3. The lowest BCUT2D eigenvalue weighted by Gasteiger charge is -2.39. The van der Waals surface area contributed by atoms with Crippen LogP contribution in [0.3, 0.4) is 0 Å². The largest absolute Gasteiger partial charge is 0.342 e. The Morgan fingerprint density at radius 3 is 2.56 bits per heavy atom. The minimum atomic E-state index is -0.0142. The van der Waals surface area contributed by atoms with Crippen LogP contribution in [0.15, 0.2) is 4.52 Å². The number of hydrogen-bond acceptors (Lipinski definition) is 5. The lowest BCUT2D eigenvalue weighted by Crippen LogP contribution is -2.51. The summed E-state index contributed by atoms with van der Waals surface area (Å²) in [4.78, 5) is 33.7. The number of piperidine rings is 2. The second-order valence-electron chi connectivity index (χ2n) is 8.42. The topological polar surface area (TPSA) is 79.5 Å². The minimum absolute atomic E-state index is 0.0142. The average molecular weight is 374 g/mol. The first-order chi connectivity index (χ1) is 13.1. The first-order valence-electron chi connectivity index (χ1n) is 10.5. The van der Waals surface area contributed by atoms with Gasteiger partial charge in [0.1, 0.15) is 0 Å². The monoisotopic (exact) mass is 374 g/mol. The maximum absolute atomic E-state index is 13.0. The van der Waals surface area contributed by atoms with Gasteiger partial charge < -0.3 is 14.3 Å². The fourth-order valence-electron chi connectivity index (χ4n) is 4.94. The highest BCUT2D eigenvalue weighted by molar-refractivity contribution is 5.84. The van der Waals surface area contributed by atoms with Crippen LogP contribution in [0.25, 0.3) is 0 Å². The van der Waals surface area contributed by atoms with Crippen LogP contribution in [-0.4, -0.2) is 57.4 Å². The molecule has 1 aliphatic carbocycles. The summed E-state index contributed by atoms with van der Waals surface area (Å²) in [5, 5.41) is 3.99. The van der Waals surface area contributed by atoms with Gasteiger partial charge >= 0.3 is 0 Å². The van der Waals surface area contributed by atoms with Gasteiger partial charge in [-0.15, -0.1) is 0 Å². The van der Waals surface area contributed by atoms with Crippen molar-refractivity contribution in [3.05, 3.63) is 11.7 Å². The molecule has 0 aromatic carbocycles. The highest BCUT2D eigenvalue weighted by Gasteiger charge is 2.37. The van der Waals surface area contributed by atoms with Crippen molar-refractivity contribution in [3.8, 4) is 0 Å². The Balaban J connectivity index is 1.29. The van der Waals surface area contributed by atoms with Crippen molar-refractivity contribution in [1.29, 1.82) is 0 Å². The molecule has 0 bridgehead atoms. The lowest BCUT2D eigenvalue weighted by molar-refractivity contribution is -0.145. The Morgan fingerprint density at radius 1 is 1.15 bits per heavy atom. The molecule has 7 nitrogen and oxygen atoms in total. The Bertz CT molecular complexity index is 675. The molecule has 2 saturated heterocycles. The molecule has 4 rings (SSSR count). The summed E-state index contributed by atoms with van der Waals surface area (Å²) < 4.78 is 5.05. The highest BCUT2D eigenvalue weighted by atomic mass is 16.5. The molecule has 1 aromatic rings. The first-order valence-corrected chi connectivity index (χ1v) is 10.5. The van der Waals surface area contributed by atoms with Gasteiger partial charge in [-0.05, 0) is 38.0 Å². The Kier molecular flexibility index (Phi) is 5.45. The van der Waals surface area contributed by atoms with E-state index in [2.05, 4.69) is 10.1 Å². The van der Waals surface area contributed by atoms with Gasteiger partial charge in [-0.2, -0.15) is 4.98 Å². The van der Waals surface area contributed by atoms with Crippen molar-refractivity contribution in [2.45, 2.75) is 70.8 Å². The lowest BCUT2D eigenvalue weighted by atomic mass is 9.90. The van der Waals surface area contributed by atoms with Crippen LogP contribution >= 0.6 is 0 Å². The van der Waals surface area contributed by atoms with E-state index in [4.69, 9.17) is 4.52 Å². The summed E-state index contributed by atoms with van der Waals surface area (Å²) in [7, 11) is 0. The van der Waals surface area contributed by atoms with E-state index >= 15 is 0 Å². The Morgan fingerprint density at radius 2 is 1.89 bits per heavy atom. The van der Waals surface area contributed by atoms with Gasteiger partial charge in [0.05, 0.1) is 5.92 Å². The van der Waals surface area contributed by atoms with Crippen molar-refractivity contribution in [2.24, 2.45) is 11.8 Å². The molecule has 1 aromatic heterocycles. The van der Waals surface area contributed by atoms with Crippen molar-refractivity contribution >= 4 is 11.8 Å². The molecule has 0 spiro atoms. The zero-order valence-corrected chi connectivity index (χ0v) is 16.2. The summed E-state index contributed by atoms with van der Waals surface area (Å²) in [6.07, 6.45) is 8.66. The van der Waals surface area contributed by atoms with Crippen LogP contribution < -0.4 is 0 Å². The van der Waals surface area contributed by atoms with Gasteiger partial charge in [0.15, 0.2) is 5.82 Å². The van der Waals surface area contributed by atoms with E-state index in [9.17, 15) is 9.59 Å². The summed E-state index contributed by atoms with van der Waals surface area (Å²) >= 11 is 0. The predicted octanol–water partition coefficient (Wildman–Crippen LogP) is 2.34. The molecule has 3 aliphatic rings. The molecule has 3 fully saturated rings. The third-order valence-corrected chi connectivity index (χ3v) is 6.53. The normalized spacial score (nSPS) is 25.4. The number of rotatable bonds is 4. The maximum atomic E-state index is 13.0. The quantitative estimate of drug-likeness (QED) is 0.808. The molecular weight excluding hydrogens is 344 g/mol. The molecule has 148 valence electrons. The van der Waals surface area contributed by atoms with E-state index in [1.54, 1.807) is 0 Å². The second kappa shape index (κ2) is 7.98. The second-order valence-corrected chi connectivity index (χ2v) is 8.42. The highest BCUT2D eigenvalue weighted by Crippen LogP contribution is 2.30. The van der Waals surface area contributed by atoms with Gasteiger partial charge in [0.2, 0.25) is 17.7 Å². The zero-order valence-electron chi connectivity index (χ0n) is 16.2. The zero-order chi connectivity index (χ0) is 18.8. The number of nitrogens with zero attached hydrogens (tertiary/aromatic N) is 4. The maximum Gasteiger partial charge on any atom is 0.227 e. The van der Waals surface area contributed by atoms with Gasteiger partial charge in [0.25, 0.3) is 0 Å². The van der Waals surface area contributed by atoms with Crippen LogP contribution in [0.1, 0.15) is 63.1 Å². The van der Waals surface area contributed by atoms with E-state index in [1.165, 1.54) is 12.8 Å². The number of likely N-dealkylation sites (tertiary alicyclic amines) is 2. The van der Waals surface area contributed by atoms with E-state index in [0.29, 0.717) is 37.2 Å². The van der Waals surface area contributed by atoms with Crippen LogP contribution in [0.2, 0.25) is 0 Å². The van der Waals surface area contributed by atoms with Gasteiger partial charge in [-0.25, -0.2) is 0 Å². The first kappa shape index (κ1) is 18.4. The average Bonchev–Trinajstić information content (AvgIpc) is 3.34. The molecule has 1 unspecified atom stereocenters. The van der Waals surface area contributed by atoms with Crippen molar-refractivity contribution in [2.75, 3.05) is 19.6 Å². The number of amides is 2. The van der Waals surface area contributed by atoms with Crippen molar-refractivity contribution < 1.29 is 14.1 Å². The van der Waals surface area contributed by atoms with Gasteiger partial charge in [-0.1, -0.05) is 18.0 Å². The minimum Gasteiger partial charge on any atom is -0.342 e. The number of aryl methyl sites for hydroxylation is 1. The summed E-state index contributed by atoms with van der Waals surface area (Å²) in [5.74, 6) is 2.37. The Hall–Kier alpha value is -1.92. The predicted molar refractivity (Wildman–Crippen MR) is 98.7 cm³/mol. The van der Waals surface area contributed by atoms with Crippen LogP contribution in [-0.2, 0) is 16.0 Å². The van der Waals surface area contributed by atoms with Gasteiger partial charge in [-0.3, -0.25) is 9.59 Å². The molecule has 2 amide bonds. The molecule has 1 atom stereocenters. The number of hydrogen-bond donors (Lipinski definition) is 0. The van der Waals surface area contributed by atoms with Crippen molar-refractivity contribution in [3.63, 3.8) is 0 Å². The molecule has 0 N–H and O–H groups in total. The fourth-order valence-corrected chi connectivity index (χ4v) is 4.94. The summed E-state index contributed by atoms with van der Waals surface area (Å²) in [6.45, 7) is 4.04.